The van der Waals surface area contributed by atoms with Crippen LogP contribution in [0.5, 0.6) is 0 Å². The Bertz CT molecular complexity index is 818. The van der Waals surface area contributed by atoms with E-state index in [0.717, 1.165) is 14.7 Å². The van der Waals surface area contributed by atoms with Gasteiger partial charge in [0.1, 0.15) is 5.60 Å². The summed E-state index contributed by atoms with van der Waals surface area (Å²) < 4.78 is 6.26. The number of carbonyl (C=O) groups excluding carboxylic acids is 2. The van der Waals surface area contributed by atoms with Gasteiger partial charge in [0.15, 0.2) is 5.78 Å². The maximum Gasteiger partial charge on any atom is 0.405 e. The van der Waals surface area contributed by atoms with Crippen LogP contribution in [0, 0.1) is 10.5 Å². The van der Waals surface area contributed by atoms with Gasteiger partial charge in [-0.25, -0.2) is 4.79 Å². The Morgan fingerprint density at radius 2 is 1.81 bits per heavy atom. The number of primary amides is 1. The Kier molecular flexibility index (Phi) is 6.69. The molecular formula is C20H21ClINO3. The van der Waals surface area contributed by atoms with E-state index in [4.69, 9.17) is 22.1 Å². The summed E-state index contributed by atoms with van der Waals surface area (Å²) in [6.45, 7) is 5.38. The van der Waals surface area contributed by atoms with Crippen LogP contribution in [0.1, 0.15) is 47.7 Å². The van der Waals surface area contributed by atoms with E-state index in [2.05, 4.69) is 22.6 Å². The number of benzene rings is 2. The summed E-state index contributed by atoms with van der Waals surface area (Å²) in [6.07, 6.45) is -0.551. The number of nitrogens with two attached hydrogens (primary N) is 1. The number of amides is 1. The minimum Gasteiger partial charge on any atom is -0.444 e. The standard InChI is InChI=1S/C20H21ClINO3/c1-12-10-14(6-9-17(12)21)16(11-20(2,3)26-19(23)25)18(24)13-4-7-15(22)8-5-13/h4-10,16H,11H2,1-3H3,(H2,23,25). The zero-order valence-electron chi connectivity index (χ0n) is 14.9. The first kappa shape index (κ1) is 20.7. The molecule has 2 N–H and O–H groups in total. The van der Waals surface area contributed by atoms with Gasteiger partial charge in [0.25, 0.3) is 0 Å². The van der Waals surface area contributed by atoms with Gasteiger partial charge in [0.05, 0.1) is 5.92 Å². The van der Waals surface area contributed by atoms with Gasteiger partial charge in [0.2, 0.25) is 0 Å². The van der Waals surface area contributed by atoms with Crippen molar-refractivity contribution in [1.29, 1.82) is 0 Å². The predicted molar refractivity (Wildman–Crippen MR) is 112 cm³/mol. The fraction of sp³-hybridized carbons (Fsp3) is 0.300. The SMILES string of the molecule is Cc1cc(C(CC(C)(C)OC(N)=O)C(=O)c2ccc(I)cc2)ccc1Cl. The van der Waals surface area contributed by atoms with Crippen LogP contribution in [-0.2, 0) is 4.74 Å². The quantitative estimate of drug-likeness (QED) is 0.435. The van der Waals surface area contributed by atoms with E-state index in [1.807, 2.05) is 43.3 Å². The first-order chi connectivity index (χ1) is 12.1. The zero-order valence-corrected chi connectivity index (χ0v) is 17.8. The smallest absolute Gasteiger partial charge is 0.405 e. The second kappa shape index (κ2) is 8.39. The molecule has 0 saturated carbocycles. The van der Waals surface area contributed by atoms with Crippen LogP contribution in [-0.4, -0.2) is 17.5 Å². The van der Waals surface area contributed by atoms with E-state index >= 15 is 0 Å². The maximum atomic E-state index is 13.2. The average Bonchev–Trinajstić information content (AvgIpc) is 2.54. The number of hydrogen-bond acceptors (Lipinski definition) is 3. The molecule has 6 heteroatoms. The molecule has 1 amide bonds. The molecule has 2 aromatic carbocycles. The molecule has 1 unspecified atom stereocenters. The van der Waals surface area contributed by atoms with Crippen molar-refractivity contribution in [2.75, 3.05) is 0 Å². The van der Waals surface area contributed by atoms with Crippen molar-refractivity contribution in [3.63, 3.8) is 0 Å². The fourth-order valence-electron chi connectivity index (χ4n) is 2.87. The van der Waals surface area contributed by atoms with E-state index in [1.165, 1.54) is 0 Å². The minimum absolute atomic E-state index is 0.0377. The lowest BCUT2D eigenvalue weighted by molar-refractivity contribution is 0.0325. The Balaban J connectivity index is 2.43. The van der Waals surface area contributed by atoms with Gasteiger partial charge in [-0.1, -0.05) is 35.9 Å². The molecule has 0 radical (unpaired) electrons. The van der Waals surface area contributed by atoms with Gasteiger partial charge >= 0.3 is 6.09 Å². The van der Waals surface area contributed by atoms with Crippen LogP contribution in [0.25, 0.3) is 0 Å². The molecule has 1 atom stereocenters. The average molecular weight is 486 g/mol. The van der Waals surface area contributed by atoms with Gasteiger partial charge < -0.3 is 10.5 Å². The Morgan fingerprint density at radius 3 is 2.35 bits per heavy atom. The molecule has 138 valence electrons. The third-order valence-electron chi connectivity index (χ3n) is 4.10. The number of ketones is 1. The normalized spacial score (nSPS) is 12.5. The summed E-state index contributed by atoms with van der Waals surface area (Å²) >= 11 is 8.32. The molecule has 0 bridgehead atoms. The van der Waals surface area contributed by atoms with Crippen molar-refractivity contribution in [3.8, 4) is 0 Å². The lowest BCUT2D eigenvalue weighted by atomic mass is 9.82. The molecule has 0 aliphatic carbocycles. The number of aryl methyl sites for hydroxylation is 1. The van der Waals surface area contributed by atoms with Crippen molar-refractivity contribution < 1.29 is 14.3 Å². The van der Waals surface area contributed by atoms with Gasteiger partial charge in [-0.15, -0.1) is 0 Å². The fourth-order valence-corrected chi connectivity index (χ4v) is 3.34. The number of Topliss-reactive ketones (excluding diaryl/α,β-unsaturated/α-hetero) is 1. The first-order valence-corrected chi connectivity index (χ1v) is 9.59. The lowest BCUT2D eigenvalue weighted by Crippen LogP contribution is -2.34. The van der Waals surface area contributed by atoms with Crippen molar-refractivity contribution in [1.82, 2.24) is 0 Å². The Labute approximate surface area is 172 Å². The van der Waals surface area contributed by atoms with Crippen molar-refractivity contribution in [2.24, 2.45) is 5.73 Å². The monoisotopic (exact) mass is 485 g/mol. The topological polar surface area (TPSA) is 69.4 Å². The van der Waals surface area contributed by atoms with Crippen molar-refractivity contribution in [2.45, 2.75) is 38.7 Å². The number of carbonyl (C=O) groups is 2. The van der Waals surface area contributed by atoms with Crippen LogP contribution in [0.15, 0.2) is 42.5 Å². The number of rotatable bonds is 6. The van der Waals surface area contributed by atoms with Gasteiger partial charge in [0, 0.05) is 20.6 Å². The third kappa shape index (κ3) is 5.45. The molecule has 2 aromatic rings. The molecule has 0 spiro atoms. The van der Waals surface area contributed by atoms with Crippen LogP contribution < -0.4 is 5.73 Å². The summed E-state index contributed by atoms with van der Waals surface area (Å²) in [7, 11) is 0. The van der Waals surface area contributed by atoms with E-state index in [-0.39, 0.29) is 5.78 Å². The van der Waals surface area contributed by atoms with Gasteiger partial charge in [-0.2, -0.15) is 0 Å². The highest BCUT2D eigenvalue weighted by molar-refractivity contribution is 14.1. The van der Waals surface area contributed by atoms with E-state index < -0.39 is 17.6 Å². The third-order valence-corrected chi connectivity index (χ3v) is 5.25. The summed E-state index contributed by atoms with van der Waals surface area (Å²) in [4.78, 5) is 24.4. The highest BCUT2D eigenvalue weighted by atomic mass is 127. The minimum atomic E-state index is -0.886. The van der Waals surface area contributed by atoms with Crippen molar-refractivity contribution in [3.05, 3.63) is 67.7 Å². The summed E-state index contributed by atoms with van der Waals surface area (Å²) in [6, 6.07) is 12.9. The number of ether oxygens (including phenoxy) is 1. The highest BCUT2D eigenvalue weighted by Gasteiger charge is 2.32. The van der Waals surface area contributed by atoms with E-state index in [1.54, 1.807) is 19.9 Å². The summed E-state index contributed by atoms with van der Waals surface area (Å²) in [5.74, 6) is -0.523. The second-order valence-electron chi connectivity index (χ2n) is 6.82. The van der Waals surface area contributed by atoms with Crippen LogP contribution in [0.2, 0.25) is 5.02 Å². The van der Waals surface area contributed by atoms with E-state index in [9.17, 15) is 9.59 Å². The zero-order chi connectivity index (χ0) is 19.5. The molecule has 0 fully saturated rings. The number of halogens is 2. The molecule has 0 saturated heterocycles. The lowest BCUT2D eigenvalue weighted by Gasteiger charge is -2.29. The number of hydrogen-bond donors (Lipinski definition) is 1. The van der Waals surface area contributed by atoms with Crippen LogP contribution in [0.3, 0.4) is 0 Å². The molecule has 26 heavy (non-hydrogen) atoms. The molecule has 0 aromatic heterocycles. The summed E-state index contributed by atoms with van der Waals surface area (Å²) in [5, 5.41) is 0.641. The maximum absolute atomic E-state index is 13.2. The molecular weight excluding hydrogens is 465 g/mol. The Morgan fingerprint density at radius 1 is 1.19 bits per heavy atom. The van der Waals surface area contributed by atoms with Crippen LogP contribution in [0.4, 0.5) is 4.79 Å². The predicted octanol–water partition coefficient (Wildman–Crippen LogP) is 5.48. The highest BCUT2D eigenvalue weighted by Crippen LogP contribution is 2.33. The van der Waals surface area contributed by atoms with Gasteiger partial charge in [-0.3, -0.25) is 4.79 Å². The molecule has 0 aliphatic rings. The molecule has 4 nitrogen and oxygen atoms in total. The second-order valence-corrected chi connectivity index (χ2v) is 8.47. The van der Waals surface area contributed by atoms with Crippen LogP contribution >= 0.6 is 34.2 Å². The largest absolute Gasteiger partial charge is 0.444 e. The van der Waals surface area contributed by atoms with E-state index in [0.29, 0.717) is 17.0 Å². The molecule has 0 heterocycles. The van der Waals surface area contributed by atoms with Crippen molar-refractivity contribution >= 4 is 46.1 Å². The molecule has 2 rings (SSSR count). The summed E-state index contributed by atoms with van der Waals surface area (Å²) in [5.41, 5.74) is 6.62. The first-order valence-electron chi connectivity index (χ1n) is 8.13. The Hall–Kier alpha value is -1.60. The van der Waals surface area contributed by atoms with Gasteiger partial charge in [-0.05, 0) is 72.7 Å². The molecule has 0 aliphatic heterocycles.